The molecule has 0 spiro atoms. The fourth-order valence-corrected chi connectivity index (χ4v) is 4.73. The van der Waals surface area contributed by atoms with Crippen molar-refractivity contribution in [2.75, 3.05) is 20.2 Å². The van der Waals surface area contributed by atoms with Gasteiger partial charge in [-0.05, 0) is 54.8 Å². The number of sulfonamides is 1. The average molecular weight is 406 g/mol. The summed E-state index contributed by atoms with van der Waals surface area (Å²) in [6.07, 6.45) is 1.23. The number of hydrogen-bond donors (Lipinski definition) is 1. The number of halogens is 1. The third-order valence-electron chi connectivity index (χ3n) is 4.83. The molecule has 2 aromatic carbocycles. The third-order valence-corrected chi connectivity index (χ3v) is 6.71. The van der Waals surface area contributed by atoms with Crippen LogP contribution in [0.5, 0.6) is 5.75 Å². The Kier molecular flexibility index (Phi) is 6.31. The van der Waals surface area contributed by atoms with Crippen molar-refractivity contribution in [3.8, 4) is 5.75 Å². The number of rotatable bonds is 6. The van der Waals surface area contributed by atoms with Gasteiger partial charge in [-0.25, -0.2) is 12.8 Å². The largest absolute Gasteiger partial charge is 0.497 e. The van der Waals surface area contributed by atoms with Crippen molar-refractivity contribution in [3.63, 3.8) is 0 Å². The zero-order valence-corrected chi connectivity index (χ0v) is 16.4. The number of amides is 1. The predicted octanol–water partition coefficient (Wildman–Crippen LogP) is 2.55. The highest BCUT2D eigenvalue weighted by atomic mass is 32.2. The average Bonchev–Trinajstić information content (AvgIpc) is 2.72. The van der Waals surface area contributed by atoms with E-state index in [9.17, 15) is 17.6 Å². The molecule has 1 N–H and O–H groups in total. The highest BCUT2D eigenvalue weighted by Crippen LogP contribution is 2.24. The van der Waals surface area contributed by atoms with E-state index < -0.39 is 21.8 Å². The molecule has 1 amide bonds. The molecule has 6 nitrogen and oxygen atoms in total. The number of piperidine rings is 1. The van der Waals surface area contributed by atoms with Gasteiger partial charge in [-0.15, -0.1) is 0 Å². The lowest BCUT2D eigenvalue weighted by atomic mass is 9.99. The Labute approximate surface area is 164 Å². The van der Waals surface area contributed by atoms with Crippen LogP contribution in [0.3, 0.4) is 0 Å². The summed E-state index contributed by atoms with van der Waals surface area (Å²) < 4.78 is 45.0. The van der Waals surface area contributed by atoms with Crippen LogP contribution in [0.2, 0.25) is 0 Å². The molecule has 0 unspecified atom stereocenters. The Balaban J connectivity index is 1.61. The zero-order valence-electron chi connectivity index (χ0n) is 15.6. The minimum Gasteiger partial charge on any atom is -0.497 e. The molecule has 1 saturated heterocycles. The number of hydrogen-bond acceptors (Lipinski definition) is 4. The minimum atomic E-state index is -3.75. The second-order valence-electron chi connectivity index (χ2n) is 6.72. The van der Waals surface area contributed by atoms with E-state index in [-0.39, 0.29) is 17.3 Å². The van der Waals surface area contributed by atoms with Crippen LogP contribution in [0.25, 0.3) is 0 Å². The second kappa shape index (κ2) is 8.70. The van der Waals surface area contributed by atoms with Crippen LogP contribution in [0, 0.1) is 11.7 Å². The number of carbonyl (C=O) groups excluding carboxylic acids is 1. The van der Waals surface area contributed by atoms with E-state index in [0.29, 0.717) is 25.9 Å². The molecular weight excluding hydrogens is 383 g/mol. The standard InChI is InChI=1S/C20H23FN2O4S/c1-27-18-8-4-15(5-9-18)13-22-20(24)16-3-2-12-23(14-16)28(25,26)19-10-6-17(21)7-11-19/h4-11,16H,2-3,12-14H2,1H3,(H,22,24)/t16-/m0/s1. The SMILES string of the molecule is COc1ccc(CNC(=O)[C@H]2CCCN(S(=O)(=O)c3ccc(F)cc3)C2)cc1. The zero-order chi connectivity index (χ0) is 20.1. The molecule has 2 aromatic rings. The van der Waals surface area contributed by atoms with Gasteiger partial charge in [0.15, 0.2) is 0 Å². The number of benzene rings is 2. The van der Waals surface area contributed by atoms with Crippen LogP contribution in [-0.4, -0.2) is 38.8 Å². The maximum Gasteiger partial charge on any atom is 0.243 e. The van der Waals surface area contributed by atoms with Crippen LogP contribution in [-0.2, 0) is 21.4 Å². The van der Waals surface area contributed by atoms with Crippen molar-refractivity contribution < 1.29 is 22.3 Å². The van der Waals surface area contributed by atoms with Crippen molar-refractivity contribution in [2.24, 2.45) is 5.92 Å². The van der Waals surface area contributed by atoms with Gasteiger partial charge in [0.1, 0.15) is 11.6 Å². The van der Waals surface area contributed by atoms with Gasteiger partial charge in [0.05, 0.1) is 17.9 Å². The van der Waals surface area contributed by atoms with Crippen molar-refractivity contribution in [3.05, 3.63) is 59.9 Å². The van der Waals surface area contributed by atoms with E-state index in [1.165, 1.54) is 16.4 Å². The lowest BCUT2D eigenvalue weighted by Crippen LogP contribution is -2.45. The van der Waals surface area contributed by atoms with Gasteiger partial charge in [-0.3, -0.25) is 4.79 Å². The van der Waals surface area contributed by atoms with Crippen LogP contribution < -0.4 is 10.1 Å². The lowest BCUT2D eigenvalue weighted by Gasteiger charge is -2.31. The first-order valence-corrected chi connectivity index (χ1v) is 10.5. The molecule has 1 atom stereocenters. The Morgan fingerprint density at radius 3 is 2.50 bits per heavy atom. The molecule has 0 aromatic heterocycles. The van der Waals surface area contributed by atoms with Gasteiger partial charge in [0.25, 0.3) is 0 Å². The first kappa shape index (κ1) is 20.3. The van der Waals surface area contributed by atoms with Gasteiger partial charge in [0, 0.05) is 19.6 Å². The Morgan fingerprint density at radius 1 is 1.18 bits per heavy atom. The summed E-state index contributed by atoms with van der Waals surface area (Å²) in [5.41, 5.74) is 0.931. The van der Waals surface area contributed by atoms with Gasteiger partial charge >= 0.3 is 0 Å². The Bertz CT molecular complexity index is 914. The Morgan fingerprint density at radius 2 is 1.86 bits per heavy atom. The van der Waals surface area contributed by atoms with E-state index in [4.69, 9.17) is 4.74 Å². The molecule has 28 heavy (non-hydrogen) atoms. The lowest BCUT2D eigenvalue weighted by molar-refractivity contribution is -0.126. The monoisotopic (exact) mass is 406 g/mol. The minimum absolute atomic E-state index is 0.0354. The molecule has 3 rings (SSSR count). The fraction of sp³-hybridized carbons (Fsp3) is 0.350. The summed E-state index contributed by atoms with van der Waals surface area (Å²) >= 11 is 0. The normalized spacial score (nSPS) is 17.9. The van der Waals surface area contributed by atoms with Gasteiger partial charge in [0.2, 0.25) is 15.9 Å². The van der Waals surface area contributed by atoms with Crippen molar-refractivity contribution in [2.45, 2.75) is 24.3 Å². The van der Waals surface area contributed by atoms with E-state index in [0.717, 1.165) is 23.4 Å². The smallest absolute Gasteiger partial charge is 0.243 e. The van der Waals surface area contributed by atoms with Crippen molar-refractivity contribution in [1.82, 2.24) is 9.62 Å². The molecule has 8 heteroatoms. The molecule has 0 saturated carbocycles. The quantitative estimate of drug-likeness (QED) is 0.800. The summed E-state index contributed by atoms with van der Waals surface area (Å²) in [5, 5.41) is 2.87. The molecule has 1 aliphatic rings. The highest BCUT2D eigenvalue weighted by Gasteiger charge is 2.33. The fourth-order valence-electron chi connectivity index (χ4n) is 3.21. The highest BCUT2D eigenvalue weighted by molar-refractivity contribution is 7.89. The van der Waals surface area contributed by atoms with Crippen LogP contribution in [0.1, 0.15) is 18.4 Å². The summed E-state index contributed by atoms with van der Waals surface area (Å²) in [4.78, 5) is 12.6. The topological polar surface area (TPSA) is 75.7 Å². The van der Waals surface area contributed by atoms with Crippen LogP contribution in [0.4, 0.5) is 4.39 Å². The summed E-state index contributed by atoms with van der Waals surface area (Å²) in [7, 11) is -2.16. The predicted molar refractivity (Wildman–Crippen MR) is 103 cm³/mol. The second-order valence-corrected chi connectivity index (χ2v) is 8.66. The maximum absolute atomic E-state index is 13.1. The number of methoxy groups -OCH3 is 1. The van der Waals surface area contributed by atoms with E-state index in [2.05, 4.69) is 5.32 Å². The van der Waals surface area contributed by atoms with Gasteiger partial charge in [-0.2, -0.15) is 4.31 Å². The summed E-state index contributed by atoms with van der Waals surface area (Å²) in [6, 6.07) is 12.1. The molecule has 1 fully saturated rings. The van der Waals surface area contributed by atoms with Crippen molar-refractivity contribution >= 4 is 15.9 Å². The van der Waals surface area contributed by atoms with Crippen LogP contribution >= 0.6 is 0 Å². The van der Waals surface area contributed by atoms with E-state index >= 15 is 0 Å². The van der Waals surface area contributed by atoms with Gasteiger partial charge < -0.3 is 10.1 Å². The molecule has 1 aliphatic heterocycles. The number of nitrogens with one attached hydrogen (secondary N) is 1. The van der Waals surface area contributed by atoms with Crippen molar-refractivity contribution in [1.29, 1.82) is 0 Å². The third kappa shape index (κ3) is 4.69. The molecule has 0 bridgehead atoms. The maximum atomic E-state index is 13.1. The first-order valence-electron chi connectivity index (χ1n) is 9.06. The number of carbonyl (C=O) groups is 1. The van der Waals surface area contributed by atoms with E-state index in [1.807, 2.05) is 24.3 Å². The number of ether oxygens (including phenoxy) is 1. The van der Waals surface area contributed by atoms with E-state index in [1.54, 1.807) is 7.11 Å². The van der Waals surface area contributed by atoms with Gasteiger partial charge in [-0.1, -0.05) is 12.1 Å². The Hall–Kier alpha value is -2.45. The molecule has 0 aliphatic carbocycles. The number of nitrogens with zero attached hydrogens (tertiary/aromatic N) is 1. The van der Waals surface area contributed by atoms with Crippen LogP contribution in [0.15, 0.2) is 53.4 Å². The molecular formula is C20H23FN2O4S. The summed E-state index contributed by atoms with van der Waals surface area (Å²) in [5.74, 6) is -0.338. The molecule has 1 heterocycles. The molecule has 0 radical (unpaired) electrons. The first-order chi connectivity index (χ1) is 13.4. The summed E-state index contributed by atoms with van der Waals surface area (Å²) in [6.45, 7) is 0.833. The molecule has 150 valence electrons.